The summed E-state index contributed by atoms with van der Waals surface area (Å²) in [6.45, 7) is 3.52. The highest BCUT2D eigenvalue weighted by Crippen LogP contribution is 2.29. The Bertz CT molecular complexity index is 726. The van der Waals surface area contributed by atoms with Crippen LogP contribution in [0.3, 0.4) is 0 Å². The molecule has 0 N–H and O–H groups in total. The van der Waals surface area contributed by atoms with Crippen molar-refractivity contribution in [3.05, 3.63) is 54.1 Å². The molecule has 1 aliphatic rings. The summed E-state index contributed by atoms with van der Waals surface area (Å²) in [4.78, 5) is 14.9. The topological polar surface area (TPSA) is 38.4 Å². The van der Waals surface area contributed by atoms with Crippen LogP contribution in [0.5, 0.6) is 0 Å². The van der Waals surface area contributed by atoms with Crippen molar-refractivity contribution in [2.75, 3.05) is 13.6 Å². The van der Waals surface area contributed by atoms with E-state index in [9.17, 15) is 4.79 Å². The maximum absolute atomic E-state index is 13.1. The zero-order chi connectivity index (χ0) is 18.5. The van der Waals surface area contributed by atoms with Gasteiger partial charge in [-0.15, -0.1) is 0 Å². The van der Waals surface area contributed by atoms with Crippen LogP contribution in [0.1, 0.15) is 43.2 Å². The van der Waals surface area contributed by atoms with Gasteiger partial charge in [-0.1, -0.05) is 43.2 Å². The Morgan fingerprint density at radius 1 is 1.30 bits per heavy atom. The standard InChI is InChI=1S/C21H30N3O2.HI/c1-17-22(2)13-15-24(17)16-14-23(3)21(25)20(18-9-5-4-6-10-18)26-19-11-7-8-12-19;/h4-6,9-10,13,15,19-20H,7-8,11-12,14,16H2,1-3H3;1H/q+1;/p-1. The van der Waals surface area contributed by atoms with E-state index in [1.165, 1.54) is 18.7 Å². The maximum atomic E-state index is 13.1. The SMILES string of the molecule is Cc1n(CCN(C)C(=O)C(OC2CCCC2)c2ccccc2)cc[n+]1C.[I-]. The summed E-state index contributed by atoms with van der Waals surface area (Å²) in [6.07, 6.45) is 8.28. The van der Waals surface area contributed by atoms with Crippen molar-refractivity contribution in [3.63, 3.8) is 0 Å². The predicted octanol–water partition coefficient (Wildman–Crippen LogP) is -0.216. The first-order valence-electron chi connectivity index (χ1n) is 9.53. The Morgan fingerprint density at radius 2 is 1.96 bits per heavy atom. The van der Waals surface area contributed by atoms with Crippen LogP contribution < -0.4 is 28.5 Å². The molecule has 1 unspecified atom stereocenters. The Balaban J connectivity index is 0.00000261. The number of imidazole rings is 1. The molecule has 0 bridgehead atoms. The molecule has 1 aromatic heterocycles. The highest BCUT2D eigenvalue weighted by atomic mass is 127. The molecule has 1 aromatic carbocycles. The summed E-state index contributed by atoms with van der Waals surface area (Å²) < 4.78 is 10.5. The molecule has 0 spiro atoms. The van der Waals surface area contributed by atoms with Gasteiger partial charge in [-0.05, 0) is 18.4 Å². The number of likely N-dealkylation sites (N-methyl/N-ethyl adjacent to an activating group) is 1. The average molecular weight is 483 g/mol. The number of aromatic nitrogens is 2. The van der Waals surface area contributed by atoms with Crippen LogP contribution in [0, 0.1) is 6.92 Å². The molecular formula is C21H30IN3O2. The second kappa shape index (κ2) is 10.2. The van der Waals surface area contributed by atoms with Crippen LogP contribution in [0.25, 0.3) is 0 Å². The lowest BCUT2D eigenvalue weighted by Gasteiger charge is -2.26. The van der Waals surface area contributed by atoms with E-state index in [1.54, 1.807) is 4.90 Å². The molecule has 1 atom stereocenters. The number of aryl methyl sites for hydroxylation is 1. The fourth-order valence-corrected chi connectivity index (χ4v) is 3.53. The molecule has 0 aliphatic heterocycles. The highest BCUT2D eigenvalue weighted by molar-refractivity contribution is 5.82. The van der Waals surface area contributed by atoms with Gasteiger partial charge in [0.05, 0.1) is 19.7 Å². The van der Waals surface area contributed by atoms with Crippen molar-refractivity contribution in [1.29, 1.82) is 0 Å². The summed E-state index contributed by atoms with van der Waals surface area (Å²) in [6, 6.07) is 9.88. The van der Waals surface area contributed by atoms with Crippen LogP contribution in [-0.4, -0.2) is 35.1 Å². The minimum absolute atomic E-state index is 0. The largest absolute Gasteiger partial charge is 1.00 e. The van der Waals surface area contributed by atoms with Gasteiger partial charge >= 0.3 is 0 Å². The molecule has 5 nitrogen and oxygen atoms in total. The van der Waals surface area contributed by atoms with Gasteiger partial charge in [0.2, 0.25) is 0 Å². The molecule has 1 saturated carbocycles. The second-order valence-corrected chi connectivity index (χ2v) is 7.24. The number of rotatable bonds is 7. The first-order valence-corrected chi connectivity index (χ1v) is 9.53. The van der Waals surface area contributed by atoms with Gasteiger partial charge in [-0.3, -0.25) is 4.79 Å². The van der Waals surface area contributed by atoms with Gasteiger partial charge in [0.1, 0.15) is 18.9 Å². The van der Waals surface area contributed by atoms with Crippen molar-refractivity contribution < 1.29 is 38.1 Å². The van der Waals surface area contributed by atoms with Gasteiger partial charge in [-0.2, -0.15) is 0 Å². The smallest absolute Gasteiger partial charge is 0.256 e. The highest BCUT2D eigenvalue weighted by Gasteiger charge is 2.29. The van der Waals surface area contributed by atoms with Crippen LogP contribution in [0.15, 0.2) is 42.7 Å². The maximum Gasteiger partial charge on any atom is 0.256 e. The summed E-state index contributed by atoms with van der Waals surface area (Å²) in [5, 5.41) is 0. The minimum Gasteiger partial charge on any atom is -1.00 e. The Labute approximate surface area is 179 Å². The molecule has 148 valence electrons. The predicted molar refractivity (Wildman–Crippen MR) is 101 cm³/mol. The number of nitrogens with zero attached hydrogens (tertiary/aromatic N) is 3. The number of halogens is 1. The van der Waals surface area contributed by atoms with E-state index in [-0.39, 0.29) is 36.0 Å². The van der Waals surface area contributed by atoms with Gasteiger partial charge < -0.3 is 33.6 Å². The molecule has 1 amide bonds. The van der Waals surface area contributed by atoms with Crippen LogP contribution >= 0.6 is 0 Å². The van der Waals surface area contributed by atoms with Gasteiger partial charge in [-0.25, -0.2) is 9.13 Å². The van der Waals surface area contributed by atoms with E-state index in [1.807, 2.05) is 50.6 Å². The molecule has 3 rings (SSSR count). The second-order valence-electron chi connectivity index (χ2n) is 7.24. The molecule has 27 heavy (non-hydrogen) atoms. The van der Waals surface area contributed by atoms with E-state index in [0.717, 1.165) is 24.9 Å². The molecule has 1 aliphatic carbocycles. The van der Waals surface area contributed by atoms with Crippen LogP contribution in [0.4, 0.5) is 0 Å². The minimum atomic E-state index is -0.508. The molecular weight excluding hydrogens is 453 g/mol. The number of amides is 1. The molecule has 0 saturated heterocycles. The van der Waals surface area contributed by atoms with Crippen molar-refractivity contribution in [1.82, 2.24) is 9.47 Å². The van der Waals surface area contributed by atoms with E-state index in [4.69, 9.17) is 4.74 Å². The third-order valence-electron chi connectivity index (χ3n) is 5.41. The monoisotopic (exact) mass is 483 g/mol. The molecule has 0 radical (unpaired) electrons. The van der Waals surface area contributed by atoms with Crippen LogP contribution in [0.2, 0.25) is 0 Å². The van der Waals surface area contributed by atoms with Crippen molar-refractivity contribution in [3.8, 4) is 0 Å². The third kappa shape index (κ3) is 5.54. The fourth-order valence-electron chi connectivity index (χ4n) is 3.53. The van der Waals surface area contributed by atoms with E-state index < -0.39 is 6.10 Å². The Morgan fingerprint density at radius 3 is 2.56 bits per heavy atom. The fraction of sp³-hybridized carbons (Fsp3) is 0.524. The number of hydrogen-bond acceptors (Lipinski definition) is 2. The lowest BCUT2D eigenvalue weighted by Crippen LogP contribution is -3.00. The summed E-state index contributed by atoms with van der Waals surface area (Å²) in [5.41, 5.74) is 0.944. The Hall–Kier alpha value is -1.41. The lowest BCUT2D eigenvalue weighted by atomic mass is 10.1. The summed E-state index contributed by atoms with van der Waals surface area (Å²) in [7, 11) is 3.90. The normalized spacial score (nSPS) is 15.4. The number of hydrogen-bond donors (Lipinski definition) is 0. The molecule has 1 heterocycles. The van der Waals surface area contributed by atoms with E-state index in [2.05, 4.69) is 22.3 Å². The molecule has 2 aromatic rings. The van der Waals surface area contributed by atoms with Crippen LogP contribution in [-0.2, 0) is 23.1 Å². The molecule has 1 fully saturated rings. The zero-order valence-electron chi connectivity index (χ0n) is 16.5. The van der Waals surface area contributed by atoms with E-state index in [0.29, 0.717) is 6.54 Å². The lowest BCUT2D eigenvalue weighted by molar-refractivity contribution is -0.677. The number of carbonyl (C=O) groups excluding carboxylic acids is 1. The van der Waals surface area contributed by atoms with Gasteiger partial charge in [0.25, 0.3) is 11.7 Å². The van der Waals surface area contributed by atoms with Crippen molar-refractivity contribution in [2.24, 2.45) is 7.05 Å². The first-order chi connectivity index (χ1) is 12.6. The average Bonchev–Trinajstić information content (AvgIpc) is 3.29. The zero-order valence-corrected chi connectivity index (χ0v) is 18.6. The number of benzene rings is 1. The van der Waals surface area contributed by atoms with E-state index >= 15 is 0 Å². The first kappa shape index (κ1) is 21.9. The van der Waals surface area contributed by atoms with Crippen molar-refractivity contribution in [2.45, 2.75) is 51.4 Å². The summed E-state index contributed by atoms with van der Waals surface area (Å²) >= 11 is 0. The molecule has 6 heteroatoms. The number of ether oxygens (including phenoxy) is 1. The third-order valence-corrected chi connectivity index (χ3v) is 5.41. The van der Waals surface area contributed by atoms with Crippen molar-refractivity contribution >= 4 is 5.91 Å². The van der Waals surface area contributed by atoms with Gasteiger partial charge in [0.15, 0.2) is 6.10 Å². The quantitative estimate of drug-likeness (QED) is 0.404. The summed E-state index contributed by atoms with van der Waals surface area (Å²) in [5.74, 6) is 1.21. The Kier molecular flexibility index (Phi) is 8.28. The number of carbonyl (C=O) groups is 1. The van der Waals surface area contributed by atoms with Gasteiger partial charge in [0, 0.05) is 14.0 Å².